The minimum absolute atomic E-state index is 0.191. The fraction of sp³-hybridized carbons (Fsp3) is 0.938. The Morgan fingerprint density at radius 3 is 1.63 bits per heavy atom. The van der Waals surface area contributed by atoms with Crippen LogP contribution in [0.2, 0.25) is 0 Å². The minimum atomic E-state index is -0.191. The van der Waals surface area contributed by atoms with E-state index in [2.05, 4.69) is 6.92 Å². The van der Waals surface area contributed by atoms with Gasteiger partial charge in [-0.25, -0.2) is 0 Å². The lowest BCUT2D eigenvalue weighted by Crippen LogP contribution is -2.13. The Balaban J connectivity index is 2.93. The van der Waals surface area contributed by atoms with Crippen molar-refractivity contribution >= 4 is 17.7 Å². The lowest BCUT2D eigenvalue weighted by atomic mass is 10.1. The van der Waals surface area contributed by atoms with Gasteiger partial charge in [0.15, 0.2) is 0 Å². The first-order valence-corrected chi connectivity index (χ1v) is 9.29. The molecule has 0 unspecified atom stereocenters. The number of nitrogens with two attached hydrogens (primary N) is 1. The van der Waals surface area contributed by atoms with Gasteiger partial charge in [-0.05, 0) is 12.2 Å². The van der Waals surface area contributed by atoms with Gasteiger partial charge in [0, 0.05) is 0 Å². The van der Waals surface area contributed by atoms with Crippen molar-refractivity contribution in [3.8, 4) is 0 Å². The monoisotopic (exact) mass is 287 g/mol. The summed E-state index contributed by atoms with van der Waals surface area (Å²) < 4.78 is 0. The molecule has 0 saturated heterocycles. The molecule has 0 aromatic heterocycles. The fourth-order valence-electron chi connectivity index (χ4n) is 2.22. The first-order chi connectivity index (χ1) is 9.27. The first-order valence-electron chi connectivity index (χ1n) is 8.13. The van der Waals surface area contributed by atoms with E-state index < -0.39 is 0 Å². The topological polar surface area (TPSA) is 43.1 Å². The lowest BCUT2D eigenvalue weighted by Gasteiger charge is -2.02. The van der Waals surface area contributed by atoms with Crippen LogP contribution in [0.25, 0.3) is 0 Å². The zero-order valence-electron chi connectivity index (χ0n) is 12.8. The summed E-state index contributed by atoms with van der Waals surface area (Å²) in [6.07, 6.45) is 16.6. The Morgan fingerprint density at radius 2 is 1.21 bits per heavy atom. The van der Waals surface area contributed by atoms with E-state index in [4.69, 9.17) is 5.73 Å². The molecule has 0 bridgehead atoms. The van der Waals surface area contributed by atoms with Crippen LogP contribution < -0.4 is 5.73 Å². The van der Waals surface area contributed by atoms with E-state index in [1.54, 1.807) is 11.8 Å². The molecule has 114 valence electrons. The third-order valence-electron chi connectivity index (χ3n) is 3.39. The normalized spacial score (nSPS) is 10.8. The number of carbonyl (C=O) groups is 1. The molecule has 3 heteroatoms. The number of thioether (sulfide) groups is 1. The molecule has 0 fully saturated rings. The van der Waals surface area contributed by atoms with Gasteiger partial charge >= 0.3 is 0 Å². The van der Waals surface area contributed by atoms with Crippen LogP contribution in [0.1, 0.15) is 84.0 Å². The molecule has 0 aliphatic heterocycles. The Bertz CT molecular complexity index is 197. The molecule has 1 amide bonds. The highest BCUT2D eigenvalue weighted by atomic mass is 32.2. The standard InChI is InChI=1S/C16H33NOS/c1-2-3-4-5-6-7-8-9-10-11-12-13-14-19-15-16(17)18/h2-15H2,1H3,(H2,17,18). The zero-order chi connectivity index (χ0) is 14.2. The van der Waals surface area contributed by atoms with E-state index in [1.807, 2.05) is 0 Å². The van der Waals surface area contributed by atoms with Gasteiger partial charge in [-0.3, -0.25) is 4.79 Å². The summed E-state index contributed by atoms with van der Waals surface area (Å²) in [5.74, 6) is 1.38. The van der Waals surface area contributed by atoms with Crippen LogP contribution in [0.15, 0.2) is 0 Å². The molecule has 2 N–H and O–H groups in total. The summed E-state index contributed by atoms with van der Waals surface area (Å²) >= 11 is 1.67. The highest BCUT2D eigenvalue weighted by Gasteiger charge is 1.95. The van der Waals surface area contributed by atoms with E-state index in [9.17, 15) is 4.79 Å². The lowest BCUT2D eigenvalue weighted by molar-refractivity contribution is -0.115. The van der Waals surface area contributed by atoms with Crippen molar-refractivity contribution in [3.63, 3.8) is 0 Å². The average molecular weight is 288 g/mol. The second kappa shape index (κ2) is 15.9. The van der Waals surface area contributed by atoms with Crippen LogP contribution in [0.4, 0.5) is 0 Å². The molecule has 19 heavy (non-hydrogen) atoms. The van der Waals surface area contributed by atoms with E-state index >= 15 is 0 Å². The molecule has 0 aromatic rings. The van der Waals surface area contributed by atoms with Gasteiger partial charge in [-0.1, -0.05) is 77.6 Å². The molecule has 0 spiro atoms. The maximum Gasteiger partial charge on any atom is 0.227 e. The summed E-state index contributed by atoms with van der Waals surface area (Å²) in [5, 5.41) is 0. The molecule has 0 atom stereocenters. The highest BCUT2D eigenvalue weighted by Crippen LogP contribution is 2.13. The molecule has 0 aliphatic rings. The first kappa shape index (κ1) is 18.8. The Labute approximate surface area is 124 Å². The molecule has 0 aromatic carbocycles. The van der Waals surface area contributed by atoms with Crippen LogP contribution in [-0.2, 0) is 4.79 Å². The molecule has 0 saturated carbocycles. The van der Waals surface area contributed by atoms with Gasteiger partial charge in [-0.15, -0.1) is 0 Å². The van der Waals surface area contributed by atoms with Gasteiger partial charge in [0.25, 0.3) is 0 Å². The summed E-state index contributed by atoms with van der Waals surface area (Å²) in [6.45, 7) is 2.27. The molecule has 0 heterocycles. The Morgan fingerprint density at radius 1 is 0.789 bits per heavy atom. The van der Waals surface area contributed by atoms with Crippen molar-refractivity contribution in [2.75, 3.05) is 11.5 Å². The molecule has 2 nitrogen and oxygen atoms in total. The predicted molar refractivity (Wildman–Crippen MR) is 87.6 cm³/mol. The minimum Gasteiger partial charge on any atom is -0.369 e. The molecule has 0 aliphatic carbocycles. The third kappa shape index (κ3) is 17.8. The van der Waals surface area contributed by atoms with Crippen LogP contribution in [-0.4, -0.2) is 17.4 Å². The van der Waals surface area contributed by atoms with Crippen molar-refractivity contribution < 1.29 is 4.79 Å². The fourth-order valence-corrected chi connectivity index (χ4v) is 2.97. The molecule has 0 radical (unpaired) electrons. The van der Waals surface area contributed by atoms with Crippen molar-refractivity contribution in [2.24, 2.45) is 5.73 Å². The maximum atomic E-state index is 10.5. The number of hydrogen-bond donors (Lipinski definition) is 1. The van der Waals surface area contributed by atoms with Crippen LogP contribution in [0.5, 0.6) is 0 Å². The van der Waals surface area contributed by atoms with E-state index in [0.717, 1.165) is 5.75 Å². The van der Waals surface area contributed by atoms with Crippen molar-refractivity contribution in [2.45, 2.75) is 84.0 Å². The predicted octanol–water partition coefficient (Wildman–Crippen LogP) is 4.91. The highest BCUT2D eigenvalue weighted by molar-refractivity contribution is 7.99. The average Bonchev–Trinajstić information content (AvgIpc) is 2.39. The van der Waals surface area contributed by atoms with Gasteiger partial charge in [0.1, 0.15) is 0 Å². The number of amides is 1. The quantitative estimate of drug-likeness (QED) is 0.435. The van der Waals surface area contributed by atoms with Crippen molar-refractivity contribution in [1.29, 1.82) is 0 Å². The largest absolute Gasteiger partial charge is 0.369 e. The summed E-state index contributed by atoms with van der Waals surface area (Å²) in [5.41, 5.74) is 5.08. The van der Waals surface area contributed by atoms with Crippen LogP contribution >= 0.6 is 11.8 Å². The van der Waals surface area contributed by atoms with Gasteiger partial charge < -0.3 is 5.73 Å². The van der Waals surface area contributed by atoms with Gasteiger partial charge in [0.05, 0.1) is 5.75 Å². The van der Waals surface area contributed by atoms with Crippen molar-refractivity contribution in [1.82, 2.24) is 0 Å². The Kier molecular flexibility index (Phi) is 15.7. The second-order valence-corrected chi connectivity index (χ2v) is 6.51. The summed E-state index contributed by atoms with van der Waals surface area (Å²) in [4.78, 5) is 10.5. The number of primary amides is 1. The number of rotatable bonds is 15. The van der Waals surface area contributed by atoms with Crippen LogP contribution in [0, 0.1) is 0 Å². The second-order valence-electron chi connectivity index (χ2n) is 5.41. The molecular weight excluding hydrogens is 254 g/mol. The van der Waals surface area contributed by atoms with Gasteiger partial charge in [0.2, 0.25) is 5.91 Å². The maximum absolute atomic E-state index is 10.5. The van der Waals surface area contributed by atoms with E-state index in [0.29, 0.717) is 5.75 Å². The smallest absolute Gasteiger partial charge is 0.227 e. The molecular formula is C16H33NOS. The summed E-state index contributed by atoms with van der Waals surface area (Å²) in [7, 11) is 0. The third-order valence-corrected chi connectivity index (χ3v) is 4.45. The Hall–Kier alpha value is -0.180. The van der Waals surface area contributed by atoms with E-state index in [-0.39, 0.29) is 5.91 Å². The zero-order valence-corrected chi connectivity index (χ0v) is 13.6. The van der Waals surface area contributed by atoms with Gasteiger partial charge in [-0.2, -0.15) is 11.8 Å². The van der Waals surface area contributed by atoms with Crippen LogP contribution in [0.3, 0.4) is 0 Å². The van der Waals surface area contributed by atoms with E-state index in [1.165, 1.54) is 77.0 Å². The number of hydrogen-bond acceptors (Lipinski definition) is 2. The number of carbonyl (C=O) groups excluding carboxylic acids is 1. The molecule has 0 rings (SSSR count). The van der Waals surface area contributed by atoms with Crippen molar-refractivity contribution in [3.05, 3.63) is 0 Å². The number of unbranched alkanes of at least 4 members (excludes halogenated alkanes) is 11. The SMILES string of the molecule is CCCCCCCCCCCCCCSCC(N)=O. The summed E-state index contributed by atoms with van der Waals surface area (Å²) in [6, 6.07) is 0.